The first-order chi connectivity index (χ1) is 28.6. The molecule has 6 aliphatic rings. The molecule has 60 heavy (non-hydrogen) atoms. The first kappa shape index (κ1) is 39.6. The quantitative estimate of drug-likeness (QED) is 0.267. The third-order valence-corrected chi connectivity index (χ3v) is 13.6. The van der Waals surface area contributed by atoms with Gasteiger partial charge in [0.05, 0.1) is 45.2 Å². The number of pyridine rings is 1. The van der Waals surface area contributed by atoms with Gasteiger partial charge in [-0.25, -0.2) is 9.37 Å². The zero-order chi connectivity index (χ0) is 42.4. The minimum absolute atomic E-state index is 0.00866. The highest BCUT2D eigenvalue weighted by Crippen LogP contribution is 2.59. The van der Waals surface area contributed by atoms with Crippen LogP contribution >= 0.6 is 11.6 Å². The van der Waals surface area contributed by atoms with Crippen molar-refractivity contribution in [2.75, 3.05) is 31.1 Å². The van der Waals surface area contributed by atoms with E-state index in [1.807, 2.05) is 21.9 Å². The summed E-state index contributed by atoms with van der Waals surface area (Å²) in [5.74, 6) is 4.23. The maximum absolute atomic E-state index is 15.4. The second-order valence-corrected chi connectivity index (χ2v) is 18.3. The van der Waals surface area contributed by atoms with Crippen molar-refractivity contribution in [1.29, 1.82) is 5.26 Å². The summed E-state index contributed by atoms with van der Waals surface area (Å²) in [7, 11) is 0. The monoisotopic (exact) mass is 831 g/mol. The number of hydrogen-bond acceptors (Lipinski definition) is 10. The number of nitrogens with one attached hydrogen (secondary N) is 1. The average molecular weight is 832 g/mol. The number of carbonyl (C=O) groups is 5. The van der Waals surface area contributed by atoms with E-state index in [2.05, 4.69) is 55.8 Å². The molecule has 1 aromatic heterocycles. The van der Waals surface area contributed by atoms with E-state index in [-0.39, 0.29) is 70.5 Å². The number of ether oxygens (including phenoxy) is 1. The molecule has 0 radical (unpaired) electrons. The summed E-state index contributed by atoms with van der Waals surface area (Å²) in [4.78, 5) is 76.0. The van der Waals surface area contributed by atoms with Crippen molar-refractivity contribution in [3.63, 3.8) is 0 Å². The Morgan fingerprint density at radius 2 is 1.60 bits per heavy atom. The number of piperidine rings is 2. The summed E-state index contributed by atoms with van der Waals surface area (Å²) in [6.07, 6.45) is 1.56. The summed E-state index contributed by atoms with van der Waals surface area (Å²) in [5, 5.41) is 11.8. The van der Waals surface area contributed by atoms with Gasteiger partial charge in [-0.2, -0.15) is 5.26 Å². The summed E-state index contributed by atoms with van der Waals surface area (Å²) in [6.45, 7) is 11.6. The van der Waals surface area contributed by atoms with Gasteiger partial charge in [-0.15, -0.1) is 0 Å². The smallest absolute Gasteiger partial charge is 0.262 e. The molecule has 1 aliphatic carbocycles. The minimum atomic E-state index is -1.11. The standard InChI is InChI=1S/C45H43ClFN7O6/c1-44(2)42(45(3,4)43(44)60-28-9-6-25(20-48)32(46)17-28)53-23-34-29(39(53)57)10-8-26(49-34)7-5-24-13-15-51(16-14-24)27-21-52(22-27)36-19-31-30(18-33(36)47)40(58)54(41(31)59)35-11-12-37(55)50-38(35)56/h6,8-10,17-19,24,27,35,42-43H,11-16,21-23H2,1-4H3,(H,50,55,56)/t35?,42-,43-. The highest BCUT2D eigenvalue weighted by atomic mass is 35.5. The second kappa shape index (κ2) is 14.4. The van der Waals surface area contributed by atoms with Crippen molar-refractivity contribution in [3.05, 3.63) is 86.9 Å². The lowest BCUT2D eigenvalue weighted by atomic mass is 9.49. The van der Waals surface area contributed by atoms with Crippen LogP contribution in [0.15, 0.2) is 42.5 Å². The molecule has 9 rings (SSSR count). The molecule has 308 valence electrons. The molecule has 5 aliphatic heterocycles. The number of hydrogen-bond donors (Lipinski definition) is 1. The van der Waals surface area contributed by atoms with E-state index >= 15 is 4.39 Å². The van der Waals surface area contributed by atoms with Gasteiger partial charge in [0.1, 0.15) is 35.5 Å². The number of nitriles is 1. The largest absolute Gasteiger partial charge is 0.489 e. The van der Waals surface area contributed by atoms with Crippen molar-refractivity contribution in [2.45, 2.75) is 84.2 Å². The lowest BCUT2D eigenvalue weighted by Gasteiger charge is -2.65. The number of amides is 5. The summed E-state index contributed by atoms with van der Waals surface area (Å²) in [5.41, 5.74) is 1.77. The molecular formula is C45H43ClFN7O6. The maximum Gasteiger partial charge on any atom is 0.262 e. The molecule has 6 heterocycles. The van der Waals surface area contributed by atoms with Crippen LogP contribution in [0.4, 0.5) is 10.1 Å². The zero-order valence-corrected chi connectivity index (χ0v) is 34.4. The minimum Gasteiger partial charge on any atom is -0.489 e. The van der Waals surface area contributed by atoms with Gasteiger partial charge in [0.15, 0.2) is 0 Å². The molecule has 2 aromatic carbocycles. The van der Waals surface area contributed by atoms with E-state index in [1.54, 1.807) is 18.2 Å². The predicted molar refractivity (Wildman–Crippen MR) is 216 cm³/mol. The van der Waals surface area contributed by atoms with Crippen molar-refractivity contribution < 1.29 is 33.1 Å². The first-order valence-electron chi connectivity index (χ1n) is 20.3. The van der Waals surface area contributed by atoms with E-state index in [0.29, 0.717) is 52.9 Å². The number of anilines is 1. The Bertz CT molecular complexity index is 2490. The summed E-state index contributed by atoms with van der Waals surface area (Å²) in [6, 6.07) is 12.2. The third-order valence-electron chi connectivity index (χ3n) is 13.3. The number of nitrogens with zero attached hydrogens (tertiary/aromatic N) is 6. The van der Waals surface area contributed by atoms with Crippen LogP contribution in [0.25, 0.3) is 0 Å². The Balaban J connectivity index is 0.786. The van der Waals surface area contributed by atoms with Crippen LogP contribution in [0, 0.1) is 45.7 Å². The fraction of sp³-hybridized carbons (Fsp3) is 0.444. The van der Waals surface area contributed by atoms with Crippen molar-refractivity contribution in [2.24, 2.45) is 16.7 Å². The van der Waals surface area contributed by atoms with Gasteiger partial charge in [0.25, 0.3) is 17.7 Å². The predicted octanol–water partition coefficient (Wildman–Crippen LogP) is 4.94. The normalized spacial score (nSPS) is 24.9. The summed E-state index contributed by atoms with van der Waals surface area (Å²) >= 11 is 6.28. The molecular weight excluding hydrogens is 789 g/mol. The molecule has 1 N–H and O–H groups in total. The average Bonchev–Trinajstić information content (AvgIpc) is 3.62. The van der Waals surface area contributed by atoms with Gasteiger partial charge in [0.2, 0.25) is 11.8 Å². The Morgan fingerprint density at radius 1 is 0.900 bits per heavy atom. The zero-order valence-electron chi connectivity index (χ0n) is 33.7. The second-order valence-electron chi connectivity index (χ2n) is 17.9. The molecule has 4 fully saturated rings. The lowest BCUT2D eigenvalue weighted by molar-refractivity contribution is -0.199. The highest BCUT2D eigenvalue weighted by Gasteiger charge is 2.67. The van der Waals surface area contributed by atoms with Crippen molar-refractivity contribution in [1.82, 2.24) is 25.0 Å². The number of benzene rings is 2. The molecule has 1 unspecified atom stereocenters. The molecule has 1 saturated carbocycles. The summed E-state index contributed by atoms with van der Waals surface area (Å²) < 4.78 is 21.8. The Labute approximate surface area is 351 Å². The number of halogens is 2. The highest BCUT2D eigenvalue weighted by molar-refractivity contribution is 6.31. The van der Waals surface area contributed by atoms with E-state index in [4.69, 9.17) is 21.3 Å². The number of imide groups is 2. The van der Waals surface area contributed by atoms with Crippen LogP contribution in [0.5, 0.6) is 5.75 Å². The third kappa shape index (κ3) is 6.39. The van der Waals surface area contributed by atoms with Crippen LogP contribution < -0.4 is 15.0 Å². The van der Waals surface area contributed by atoms with E-state index < -0.39 is 35.5 Å². The van der Waals surface area contributed by atoms with Gasteiger partial charge in [0, 0.05) is 54.4 Å². The van der Waals surface area contributed by atoms with Crippen LogP contribution in [0.1, 0.15) is 101 Å². The van der Waals surface area contributed by atoms with Gasteiger partial charge >= 0.3 is 0 Å². The van der Waals surface area contributed by atoms with E-state index in [0.717, 1.165) is 36.9 Å². The lowest BCUT2D eigenvalue weighted by Crippen LogP contribution is -2.74. The number of aromatic nitrogens is 1. The number of carbonyl (C=O) groups excluding carboxylic acids is 5. The SMILES string of the molecule is CC1(C)[C@H](Oc2ccc(C#N)c(Cl)c2)C(C)(C)[C@H]1N1Cc2nc(C#CC3CCN(C4CN(c5cc6c(cc5F)C(=O)N(C5CCC(=O)NC5=O)C6=O)C4)CC3)ccc2C1=O. The van der Waals surface area contributed by atoms with Gasteiger partial charge in [-0.1, -0.05) is 45.2 Å². The van der Waals surface area contributed by atoms with Gasteiger partial charge < -0.3 is 14.5 Å². The van der Waals surface area contributed by atoms with Crippen LogP contribution in [0.2, 0.25) is 5.02 Å². The van der Waals surface area contributed by atoms with Gasteiger partial charge in [-0.05, 0) is 74.7 Å². The Kier molecular flexibility index (Phi) is 9.52. The molecule has 0 bridgehead atoms. The first-order valence-corrected chi connectivity index (χ1v) is 20.7. The number of rotatable bonds is 6. The topological polar surface area (TPSA) is 156 Å². The van der Waals surface area contributed by atoms with Crippen molar-refractivity contribution >= 4 is 46.8 Å². The Morgan fingerprint density at radius 3 is 2.27 bits per heavy atom. The molecule has 3 aromatic rings. The van der Waals surface area contributed by atoms with Crippen LogP contribution in [0.3, 0.4) is 0 Å². The molecule has 3 saturated heterocycles. The van der Waals surface area contributed by atoms with E-state index in [1.165, 1.54) is 6.07 Å². The molecule has 5 amide bonds. The fourth-order valence-corrected chi connectivity index (χ4v) is 10.9. The molecule has 0 spiro atoms. The molecule has 15 heteroatoms. The van der Waals surface area contributed by atoms with Crippen molar-refractivity contribution in [3.8, 4) is 23.7 Å². The fourth-order valence-electron chi connectivity index (χ4n) is 10.7. The van der Waals surface area contributed by atoms with Crippen LogP contribution in [-0.2, 0) is 16.1 Å². The molecule has 13 nitrogen and oxygen atoms in total. The van der Waals surface area contributed by atoms with E-state index in [9.17, 15) is 29.2 Å². The Hall–Kier alpha value is -5.83. The molecule has 1 atom stereocenters. The number of likely N-dealkylation sites (tertiary alicyclic amines) is 1. The van der Waals surface area contributed by atoms with Crippen LogP contribution in [-0.4, -0.2) is 99.6 Å². The maximum atomic E-state index is 15.4. The number of fused-ring (bicyclic) bond motifs is 2. The van der Waals surface area contributed by atoms with Gasteiger partial charge in [-0.3, -0.25) is 39.1 Å².